The Labute approximate surface area is 109 Å². The fourth-order valence-electron chi connectivity index (χ4n) is 1.65. The van der Waals surface area contributed by atoms with Crippen LogP contribution in [-0.2, 0) is 6.54 Å². The van der Waals surface area contributed by atoms with Crippen molar-refractivity contribution >= 4 is 19.3 Å². The topological polar surface area (TPSA) is 34.1 Å². The van der Waals surface area contributed by atoms with Crippen LogP contribution < -0.4 is 15.6 Å². The minimum Gasteiger partial charge on any atom is -0.497 e. The lowest BCUT2D eigenvalue weighted by molar-refractivity contribution is 0.414. The summed E-state index contributed by atoms with van der Waals surface area (Å²) in [5.41, 5.74) is 2.77. The summed E-state index contributed by atoms with van der Waals surface area (Å²) in [6, 6.07) is 11.7. The molecule has 0 aliphatic rings. The molecule has 1 N–H and O–H groups in total. The number of hydrogen-bond donors (Lipinski definition) is 1. The van der Waals surface area contributed by atoms with E-state index in [4.69, 9.17) is 12.6 Å². The van der Waals surface area contributed by atoms with E-state index < -0.39 is 0 Å². The van der Waals surface area contributed by atoms with Crippen LogP contribution in [0.15, 0.2) is 36.4 Å². The molecule has 2 rings (SSSR count). The Bertz CT molecular complexity index is 526. The first kappa shape index (κ1) is 12.5. The van der Waals surface area contributed by atoms with E-state index in [9.17, 15) is 0 Å². The molecule has 1 aromatic carbocycles. The smallest absolute Gasteiger partial charge is 0.141 e. The second-order valence-electron chi connectivity index (χ2n) is 4.10. The Balaban J connectivity index is 2.04. The molecule has 0 unspecified atom stereocenters. The zero-order chi connectivity index (χ0) is 13.0. The summed E-state index contributed by atoms with van der Waals surface area (Å²) >= 11 is 0. The predicted molar refractivity (Wildman–Crippen MR) is 74.7 cm³/mol. The minimum absolute atomic E-state index is 0.526. The molecule has 0 fully saturated rings. The van der Waals surface area contributed by atoms with Gasteiger partial charge in [0.25, 0.3) is 0 Å². The van der Waals surface area contributed by atoms with Crippen LogP contribution in [-0.4, -0.2) is 19.9 Å². The fourth-order valence-corrected chi connectivity index (χ4v) is 1.65. The summed E-state index contributed by atoms with van der Waals surface area (Å²) < 4.78 is 5.12. The highest BCUT2D eigenvalue weighted by Crippen LogP contribution is 2.14. The molecule has 1 aromatic heterocycles. The van der Waals surface area contributed by atoms with E-state index in [1.165, 1.54) is 5.56 Å². The number of pyridine rings is 1. The van der Waals surface area contributed by atoms with E-state index in [1.807, 2.05) is 37.3 Å². The zero-order valence-electron chi connectivity index (χ0n) is 10.6. The molecule has 0 aliphatic carbocycles. The Hall–Kier alpha value is -1.97. The van der Waals surface area contributed by atoms with Crippen molar-refractivity contribution < 1.29 is 4.74 Å². The van der Waals surface area contributed by atoms with E-state index in [0.29, 0.717) is 12.1 Å². The van der Waals surface area contributed by atoms with Gasteiger partial charge in [-0.3, -0.25) is 0 Å². The predicted octanol–water partition coefficient (Wildman–Crippen LogP) is 1.80. The Kier molecular flexibility index (Phi) is 3.87. The van der Waals surface area contributed by atoms with Crippen molar-refractivity contribution in [2.24, 2.45) is 0 Å². The first-order valence-electron chi connectivity index (χ1n) is 5.79. The van der Waals surface area contributed by atoms with Crippen LogP contribution in [0.4, 0.5) is 5.82 Å². The Morgan fingerprint density at radius 3 is 2.56 bits per heavy atom. The number of nitrogens with zero attached hydrogens (tertiary/aromatic N) is 1. The van der Waals surface area contributed by atoms with Crippen LogP contribution in [0, 0.1) is 6.92 Å². The minimum atomic E-state index is 0.526. The van der Waals surface area contributed by atoms with Crippen LogP contribution >= 0.6 is 0 Å². The lowest BCUT2D eigenvalue weighted by Crippen LogP contribution is -2.12. The highest BCUT2D eigenvalue weighted by molar-refractivity contribution is 6.30. The van der Waals surface area contributed by atoms with E-state index in [2.05, 4.69) is 10.3 Å². The van der Waals surface area contributed by atoms with E-state index in [1.54, 1.807) is 13.2 Å². The van der Waals surface area contributed by atoms with Gasteiger partial charge in [0, 0.05) is 6.54 Å². The number of anilines is 1. The van der Waals surface area contributed by atoms with Gasteiger partial charge in [-0.2, -0.15) is 0 Å². The van der Waals surface area contributed by atoms with Gasteiger partial charge in [0.1, 0.15) is 19.4 Å². The van der Waals surface area contributed by atoms with Crippen LogP contribution in [0.5, 0.6) is 5.75 Å². The van der Waals surface area contributed by atoms with E-state index >= 15 is 0 Å². The van der Waals surface area contributed by atoms with Gasteiger partial charge in [0.15, 0.2) is 0 Å². The van der Waals surface area contributed by atoms with Crippen molar-refractivity contribution in [2.45, 2.75) is 13.5 Å². The molecular formula is C14H15BN2O. The van der Waals surface area contributed by atoms with Crippen LogP contribution in [0.3, 0.4) is 0 Å². The molecule has 3 nitrogen and oxygen atoms in total. The highest BCUT2D eigenvalue weighted by Gasteiger charge is 2.00. The van der Waals surface area contributed by atoms with Crippen molar-refractivity contribution in [2.75, 3.05) is 12.4 Å². The molecule has 2 aromatic rings. The maximum atomic E-state index is 5.67. The standard InChI is InChI=1S/C14H15BN2O/c1-10-3-8-13(15)17-14(10)16-9-11-4-6-12(18-2)7-5-11/h3-8H,9H2,1-2H3,(H,16,17). The molecule has 90 valence electrons. The number of hydrogen-bond acceptors (Lipinski definition) is 3. The molecule has 1 heterocycles. The summed E-state index contributed by atoms with van der Waals surface area (Å²) in [7, 11) is 7.33. The summed E-state index contributed by atoms with van der Waals surface area (Å²) in [6.07, 6.45) is 0. The lowest BCUT2D eigenvalue weighted by atomic mass is 10.0. The molecular weight excluding hydrogens is 223 g/mol. The van der Waals surface area contributed by atoms with Crippen LogP contribution in [0.1, 0.15) is 11.1 Å². The van der Waals surface area contributed by atoms with Gasteiger partial charge >= 0.3 is 0 Å². The molecule has 0 spiro atoms. The molecule has 0 bridgehead atoms. The first-order valence-corrected chi connectivity index (χ1v) is 5.79. The monoisotopic (exact) mass is 238 g/mol. The van der Waals surface area contributed by atoms with E-state index in [0.717, 1.165) is 17.1 Å². The Morgan fingerprint density at radius 2 is 1.89 bits per heavy atom. The number of nitrogens with one attached hydrogen (secondary N) is 1. The summed E-state index contributed by atoms with van der Waals surface area (Å²) in [5.74, 6) is 1.68. The third kappa shape index (κ3) is 3.03. The van der Waals surface area contributed by atoms with E-state index in [-0.39, 0.29) is 0 Å². The number of benzene rings is 1. The SMILES string of the molecule is [B]c1ccc(C)c(NCc2ccc(OC)cc2)n1. The van der Waals surface area contributed by atoms with Gasteiger partial charge in [-0.05, 0) is 35.8 Å². The molecule has 0 amide bonds. The largest absolute Gasteiger partial charge is 0.497 e. The highest BCUT2D eigenvalue weighted by atomic mass is 16.5. The number of methoxy groups -OCH3 is 1. The number of aryl methyl sites for hydroxylation is 1. The first-order chi connectivity index (χ1) is 8.69. The summed E-state index contributed by atoms with van der Waals surface area (Å²) in [4.78, 5) is 4.26. The van der Waals surface area contributed by atoms with Gasteiger partial charge in [-0.15, -0.1) is 0 Å². The van der Waals surface area contributed by atoms with Gasteiger partial charge in [-0.1, -0.05) is 24.3 Å². The van der Waals surface area contributed by atoms with Gasteiger partial charge in [-0.25, -0.2) is 4.98 Å². The van der Waals surface area contributed by atoms with Crippen molar-refractivity contribution in [3.63, 3.8) is 0 Å². The van der Waals surface area contributed by atoms with Crippen LogP contribution in [0.25, 0.3) is 0 Å². The van der Waals surface area contributed by atoms with Gasteiger partial charge in [0.2, 0.25) is 0 Å². The third-order valence-electron chi connectivity index (χ3n) is 2.74. The number of ether oxygens (including phenoxy) is 1. The zero-order valence-corrected chi connectivity index (χ0v) is 10.6. The van der Waals surface area contributed by atoms with Crippen molar-refractivity contribution in [3.05, 3.63) is 47.5 Å². The second-order valence-corrected chi connectivity index (χ2v) is 4.10. The van der Waals surface area contributed by atoms with Gasteiger partial charge in [0.05, 0.1) is 7.11 Å². The molecule has 0 aliphatic heterocycles. The summed E-state index contributed by atoms with van der Waals surface area (Å²) in [5, 5.41) is 3.28. The maximum Gasteiger partial charge on any atom is 0.141 e. The fraction of sp³-hybridized carbons (Fsp3) is 0.214. The molecule has 0 atom stereocenters. The lowest BCUT2D eigenvalue weighted by Gasteiger charge is -2.10. The van der Waals surface area contributed by atoms with Gasteiger partial charge < -0.3 is 10.1 Å². The van der Waals surface area contributed by atoms with Crippen LogP contribution in [0.2, 0.25) is 0 Å². The quantitative estimate of drug-likeness (QED) is 0.825. The molecule has 2 radical (unpaired) electrons. The third-order valence-corrected chi connectivity index (χ3v) is 2.74. The summed E-state index contributed by atoms with van der Waals surface area (Å²) in [6.45, 7) is 2.71. The average Bonchev–Trinajstić information content (AvgIpc) is 2.40. The Morgan fingerprint density at radius 1 is 1.17 bits per heavy atom. The second kappa shape index (κ2) is 5.58. The van der Waals surface area contributed by atoms with Crippen molar-refractivity contribution in [1.29, 1.82) is 0 Å². The molecule has 0 saturated heterocycles. The number of rotatable bonds is 4. The molecule has 18 heavy (non-hydrogen) atoms. The number of aromatic nitrogens is 1. The maximum absolute atomic E-state index is 5.67. The normalized spacial score (nSPS) is 10.1. The molecule has 0 saturated carbocycles. The van der Waals surface area contributed by atoms with Crippen molar-refractivity contribution in [3.8, 4) is 5.75 Å². The molecule has 4 heteroatoms. The van der Waals surface area contributed by atoms with Crippen molar-refractivity contribution in [1.82, 2.24) is 4.98 Å². The average molecular weight is 238 g/mol.